The second-order valence-electron chi connectivity index (χ2n) is 5.37. The summed E-state index contributed by atoms with van der Waals surface area (Å²) in [6, 6.07) is 14.3. The molecule has 0 bridgehead atoms. The van der Waals surface area contributed by atoms with Gasteiger partial charge in [-0.05, 0) is 24.3 Å². The number of nitrogens with zero attached hydrogens (tertiary/aromatic N) is 1. The molecule has 138 valence electrons. The van der Waals surface area contributed by atoms with Gasteiger partial charge in [-0.25, -0.2) is 9.78 Å². The maximum atomic E-state index is 12.2. The molecule has 6 nitrogen and oxygen atoms in total. The first-order valence-corrected chi connectivity index (χ1v) is 9.66. The number of rotatable bonds is 6. The van der Waals surface area contributed by atoms with Gasteiger partial charge in [0.2, 0.25) is 5.91 Å². The summed E-state index contributed by atoms with van der Waals surface area (Å²) in [7, 11) is 1.29. The van der Waals surface area contributed by atoms with Gasteiger partial charge in [0.25, 0.3) is 5.22 Å². The fourth-order valence-corrected chi connectivity index (χ4v) is 3.30. The van der Waals surface area contributed by atoms with Gasteiger partial charge in [0.1, 0.15) is 0 Å². The standard InChI is InChI=1S/C19H15BrN2O4S/c1-25-18(24)14-7-2-3-8-15(14)22-17(23)11-27-19-21-10-16(26-19)12-5-4-6-13(20)9-12/h2-10H,11H2,1H3,(H,22,23). The zero-order valence-electron chi connectivity index (χ0n) is 14.3. The summed E-state index contributed by atoms with van der Waals surface area (Å²) in [4.78, 5) is 28.1. The molecule has 0 saturated heterocycles. The molecule has 0 saturated carbocycles. The summed E-state index contributed by atoms with van der Waals surface area (Å²) in [6.07, 6.45) is 1.62. The number of hydrogen-bond acceptors (Lipinski definition) is 6. The van der Waals surface area contributed by atoms with Gasteiger partial charge in [0.15, 0.2) is 5.76 Å². The first kappa shape index (κ1) is 19.2. The van der Waals surface area contributed by atoms with Crippen LogP contribution in [0.1, 0.15) is 10.4 Å². The lowest BCUT2D eigenvalue weighted by atomic mass is 10.2. The molecule has 0 unspecified atom stereocenters. The van der Waals surface area contributed by atoms with Crippen molar-refractivity contribution in [3.8, 4) is 11.3 Å². The van der Waals surface area contributed by atoms with E-state index in [1.54, 1.807) is 30.5 Å². The van der Waals surface area contributed by atoms with Crippen molar-refractivity contribution in [2.24, 2.45) is 0 Å². The van der Waals surface area contributed by atoms with Crippen LogP contribution < -0.4 is 5.32 Å². The van der Waals surface area contributed by atoms with Gasteiger partial charge >= 0.3 is 5.97 Å². The molecule has 0 atom stereocenters. The Bertz CT molecular complexity index is 974. The smallest absolute Gasteiger partial charge is 0.339 e. The quantitative estimate of drug-likeness (QED) is 0.439. The second-order valence-corrected chi connectivity index (χ2v) is 7.22. The molecule has 1 aromatic heterocycles. The van der Waals surface area contributed by atoms with Crippen LogP contribution in [0.15, 0.2) is 68.8 Å². The van der Waals surface area contributed by atoms with Crippen molar-refractivity contribution in [1.82, 2.24) is 4.98 Å². The Morgan fingerprint density at radius 1 is 1.22 bits per heavy atom. The van der Waals surface area contributed by atoms with Gasteiger partial charge in [-0.15, -0.1) is 0 Å². The highest BCUT2D eigenvalue weighted by atomic mass is 79.9. The van der Waals surface area contributed by atoms with Crippen molar-refractivity contribution in [3.63, 3.8) is 0 Å². The Kier molecular flexibility index (Phi) is 6.31. The number of anilines is 1. The van der Waals surface area contributed by atoms with Crippen LogP contribution in [-0.4, -0.2) is 29.7 Å². The number of carbonyl (C=O) groups excluding carboxylic acids is 2. The highest BCUT2D eigenvalue weighted by molar-refractivity contribution is 9.10. The Morgan fingerprint density at radius 2 is 2.04 bits per heavy atom. The van der Waals surface area contributed by atoms with Crippen LogP contribution in [0.5, 0.6) is 0 Å². The number of aromatic nitrogens is 1. The van der Waals surface area contributed by atoms with Gasteiger partial charge in [-0.3, -0.25) is 4.79 Å². The van der Waals surface area contributed by atoms with E-state index in [1.165, 1.54) is 18.9 Å². The second kappa shape index (κ2) is 8.88. The van der Waals surface area contributed by atoms with Crippen LogP contribution in [0.25, 0.3) is 11.3 Å². The average molecular weight is 447 g/mol. The summed E-state index contributed by atoms with van der Waals surface area (Å²) < 4.78 is 11.3. The molecule has 0 aliphatic heterocycles. The number of amides is 1. The molecular formula is C19H15BrN2O4S. The summed E-state index contributed by atoms with van der Waals surface area (Å²) >= 11 is 4.59. The van der Waals surface area contributed by atoms with Gasteiger partial charge in [0, 0.05) is 10.0 Å². The van der Waals surface area contributed by atoms with E-state index in [0.717, 1.165) is 10.0 Å². The van der Waals surface area contributed by atoms with Crippen LogP contribution in [0.4, 0.5) is 5.69 Å². The lowest BCUT2D eigenvalue weighted by molar-refractivity contribution is -0.113. The molecule has 0 aliphatic carbocycles. The Balaban J connectivity index is 1.61. The Morgan fingerprint density at radius 3 is 2.81 bits per heavy atom. The molecule has 27 heavy (non-hydrogen) atoms. The Labute approximate surface area is 168 Å². The largest absolute Gasteiger partial charge is 0.465 e. The fraction of sp³-hybridized carbons (Fsp3) is 0.105. The average Bonchev–Trinajstić information content (AvgIpc) is 3.15. The van der Waals surface area contributed by atoms with Crippen LogP contribution in [0, 0.1) is 0 Å². The highest BCUT2D eigenvalue weighted by Crippen LogP contribution is 2.27. The predicted molar refractivity (Wildman–Crippen MR) is 107 cm³/mol. The lowest BCUT2D eigenvalue weighted by Gasteiger charge is -2.08. The minimum Gasteiger partial charge on any atom is -0.465 e. The van der Waals surface area contributed by atoms with Crippen molar-refractivity contribution in [1.29, 1.82) is 0 Å². The highest BCUT2D eigenvalue weighted by Gasteiger charge is 2.14. The summed E-state index contributed by atoms with van der Waals surface area (Å²) in [5.41, 5.74) is 1.59. The van der Waals surface area contributed by atoms with E-state index >= 15 is 0 Å². The number of nitrogens with one attached hydrogen (secondary N) is 1. The van der Waals surface area contributed by atoms with E-state index in [0.29, 0.717) is 22.2 Å². The number of para-hydroxylation sites is 1. The molecule has 3 rings (SSSR count). The van der Waals surface area contributed by atoms with Gasteiger partial charge in [-0.1, -0.05) is 52.0 Å². The number of hydrogen-bond donors (Lipinski definition) is 1. The number of esters is 1. The van der Waals surface area contributed by atoms with Crippen LogP contribution in [0.2, 0.25) is 0 Å². The molecule has 1 N–H and O–H groups in total. The van der Waals surface area contributed by atoms with Crippen LogP contribution in [0.3, 0.4) is 0 Å². The Hall–Kier alpha value is -2.58. The number of ether oxygens (including phenoxy) is 1. The SMILES string of the molecule is COC(=O)c1ccccc1NC(=O)CSc1ncc(-c2cccc(Br)c2)o1. The number of benzene rings is 2. The molecule has 0 aliphatic rings. The van der Waals surface area contributed by atoms with Gasteiger partial charge in [0.05, 0.1) is 30.3 Å². The molecule has 2 aromatic carbocycles. The third-order valence-electron chi connectivity index (χ3n) is 3.53. The third-order valence-corrected chi connectivity index (χ3v) is 4.86. The van der Waals surface area contributed by atoms with E-state index in [2.05, 4.69) is 26.2 Å². The third kappa shape index (κ3) is 4.99. The van der Waals surface area contributed by atoms with E-state index < -0.39 is 5.97 Å². The molecular weight excluding hydrogens is 432 g/mol. The molecule has 0 spiro atoms. The van der Waals surface area contributed by atoms with Crippen LogP contribution in [-0.2, 0) is 9.53 Å². The number of methoxy groups -OCH3 is 1. The van der Waals surface area contributed by atoms with Gasteiger partial charge in [-0.2, -0.15) is 0 Å². The van der Waals surface area contributed by atoms with Crippen molar-refractivity contribution in [2.75, 3.05) is 18.2 Å². The fourth-order valence-electron chi connectivity index (χ4n) is 2.29. The molecule has 0 radical (unpaired) electrons. The number of halogens is 1. The van der Waals surface area contributed by atoms with Crippen molar-refractivity contribution >= 4 is 45.3 Å². The number of thioether (sulfide) groups is 1. The molecule has 8 heteroatoms. The first-order valence-electron chi connectivity index (χ1n) is 7.88. The molecule has 0 fully saturated rings. The van der Waals surface area contributed by atoms with Crippen molar-refractivity contribution in [2.45, 2.75) is 5.22 Å². The maximum Gasteiger partial charge on any atom is 0.339 e. The molecule has 1 heterocycles. The van der Waals surface area contributed by atoms with E-state index in [1.807, 2.05) is 24.3 Å². The maximum absolute atomic E-state index is 12.2. The minimum absolute atomic E-state index is 0.0912. The zero-order chi connectivity index (χ0) is 19.2. The monoisotopic (exact) mass is 446 g/mol. The molecule has 3 aromatic rings. The predicted octanol–water partition coefficient (Wildman–Crippen LogP) is 4.62. The van der Waals surface area contributed by atoms with E-state index in [9.17, 15) is 9.59 Å². The summed E-state index contributed by atoms with van der Waals surface area (Å²) in [5, 5.41) is 3.10. The summed E-state index contributed by atoms with van der Waals surface area (Å²) in [5.74, 6) is -0.0766. The molecule has 1 amide bonds. The van der Waals surface area contributed by atoms with Crippen molar-refractivity contribution in [3.05, 3.63) is 64.8 Å². The van der Waals surface area contributed by atoms with Crippen molar-refractivity contribution < 1.29 is 18.7 Å². The number of carbonyl (C=O) groups is 2. The van der Waals surface area contributed by atoms with E-state index in [-0.39, 0.29) is 11.7 Å². The summed E-state index contributed by atoms with van der Waals surface area (Å²) in [6.45, 7) is 0. The zero-order valence-corrected chi connectivity index (χ0v) is 16.7. The van der Waals surface area contributed by atoms with Crippen LogP contribution >= 0.6 is 27.7 Å². The van der Waals surface area contributed by atoms with Gasteiger partial charge < -0.3 is 14.5 Å². The minimum atomic E-state index is -0.509. The first-order chi connectivity index (χ1) is 13.1. The topological polar surface area (TPSA) is 81.4 Å². The van der Waals surface area contributed by atoms with E-state index in [4.69, 9.17) is 9.15 Å². The number of oxazole rings is 1. The lowest BCUT2D eigenvalue weighted by Crippen LogP contribution is -2.17. The normalized spacial score (nSPS) is 10.4.